The molecule has 0 aromatic heterocycles. The third-order valence-electron chi connectivity index (χ3n) is 12.3. The molecule has 10 aromatic carbocycles. The summed E-state index contributed by atoms with van der Waals surface area (Å²) < 4.78 is 0. The Morgan fingerprint density at radius 3 is 1.17 bits per heavy atom. The van der Waals surface area contributed by atoms with Crippen LogP contribution in [0.2, 0.25) is 0 Å². The predicted octanol–water partition coefficient (Wildman–Crippen LogP) is 15.7. The highest BCUT2D eigenvalue weighted by molar-refractivity contribution is 6.16. The Balaban J connectivity index is 1.28. The van der Waals surface area contributed by atoms with Gasteiger partial charge < -0.3 is 4.90 Å². The first-order valence-electron chi connectivity index (χ1n) is 20.8. The molecular formula is C59H41N. The van der Waals surface area contributed by atoms with Crippen LogP contribution in [0.4, 0.5) is 17.1 Å². The Morgan fingerprint density at radius 1 is 0.283 bits per heavy atom. The van der Waals surface area contributed by atoms with E-state index in [4.69, 9.17) is 0 Å². The Bertz CT molecular complexity index is 2960. The van der Waals surface area contributed by atoms with Gasteiger partial charge in [-0.25, -0.2) is 0 Å². The highest BCUT2D eigenvalue weighted by Gasteiger charge is 2.49. The molecule has 0 aliphatic heterocycles. The molecule has 60 heavy (non-hydrogen) atoms. The minimum absolute atomic E-state index is 0.574. The molecule has 0 heterocycles. The molecule has 0 saturated heterocycles. The van der Waals surface area contributed by atoms with Gasteiger partial charge in [0.2, 0.25) is 0 Å². The predicted molar refractivity (Wildman–Crippen MR) is 252 cm³/mol. The number of nitrogens with zero attached hydrogens (tertiary/aromatic N) is 1. The first-order valence-corrected chi connectivity index (χ1v) is 20.8. The van der Waals surface area contributed by atoms with Crippen LogP contribution in [0.3, 0.4) is 0 Å². The largest absolute Gasteiger partial charge is 0.309 e. The van der Waals surface area contributed by atoms with Crippen LogP contribution in [0.1, 0.15) is 22.3 Å². The maximum absolute atomic E-state index is 2.50. The minimum atomic E-state index is -0.574. The van der Waals surface area contributed by atoms with Gasteiger partial charge in [-0.15, -0.1) is 0 Å². The zero-order valence-corrected chi connectivity index (χ0v) is 33.1. The number of fused-ring (bicyclic) bond motifs is 5. The number of benzene rings is 10. The molecule has 282 valence electrons. The van der Waals surface area contributed by atoms with Crippen molar-refractivity contribution in [2.45, 2.75) is 5.41 Å². The minimum Gasteiger partial charge on any atom is -0.309 e. The molecule has 0 fully saturated rings. The molecule has 10 aromatic rings. The van der Waals surface area contributed by atoms with Crippen molar-refractivity contribution in [2.24, 2.45) is 0 Å². The molecule has 0 amide bonds. The summed E-state index contributed by atoms with van der Waals surface area (Å²) in [6.07, 6.45) is 0. The molecular weight excluding hydrogens is 723 g/mol. The van der Waals surface area contributed by atoms with E-state index < -0.39 is 5.41 Å². The summed E-state index contributed by atoms with van der Waals surface area (Å²) >= 11 is 0. The van der Waals surface area contributed by atoms with Crippen molar-refractivity contribution in [1.82, 2.24) is 0 Å². The van der Waals surface area contributed by atoms with E-state index in [9.17, 15) is 0 Å². The van der Waals surface area contributed by atoms with E-state index in [0.29, 0.717) is 0 Å². The summed E-state index contributed by atoms with van der Waals surface area (Å²) in [4.78, 5) is 2.50. The van der Waals surface area contributed by atoms with Gasteiger partial charge >= 0.3 is 0 Å². The number of anilines is 3. The second-order valence-electron chi connectivity index (χ2n) is 15.6. The van der Waals surface area contributed by atoms with Crippen LogP contribution in [-0.2, 0) is 5.41 Å². The lowest BCUT2D eigenvalue weighted by molar-refractivity contribution is 0.775. The van der Waals surface area contributed by atoms with E-state index in [1.807, 2.05) is 0 Å². The Labute approximate surface area is 352 Å². The zero-order chi connectivity index (χ0) is 39.9. The molecule has 1 nitrogen and oxygen atoms in total. The lowest BCUT2D eigenvalue weighted by Crippen LogP contribution is -2.29. The van der Waals surface area contributed by atoms with Gasteiger partial charge in [0.15, 0.2) is 0 Å². The van der Waals surface area contributed by atoms with Crippen molar-refractivity contribution in [3.05, 3.63) is 271 Å². The van der Waals surface area contributed by atoms with Crippen molar-refractivity contribution in [3.63, 3.8) is 0 Å². The second-order valence-corrected chi connectivity index (χ2v) is 15.6. The number of hydrogen-bond acceptors (Lipinski definition) is 1. The number of rotatable bonds is 8. The van der Waals surface area contributed by atoms with Gasteiger partial charge in [0.25, 0.3) is 0 Å². The normalized spacial score (nSPS) is 12.5. The van der Waals surface area contributed by atoms with E-state index in [-0.39, 0.29) is 0 Å². The van der Waals surface area contributed by atoms with Gasteiger partial charge in [-0.3, -0.25) is 0 Å². The van der Waals surface area contributed by atoms with Crippen LogP contribution < -0.4 is 4.90 Å². The first-order chi connectivity index (χ1) is 29.8. The van der Waals surface area contributed by atoms with Crippen molar-refractivity contribution in [2.75, 3.05) is 4.90 Å². The molecule has 0 unspecified atom stereocenters. The van der Waals surface area contributed by atoms with Crippen LogP contribution in [0.15, 0.2) is 249 Å². The van der Waals surface area contributed by atoms with E-state index >= 15 is 0 Å². The Hall–Kier alpha value is -7.74. The van der Waals surface area contributed by atoms with Gasteiger partial charge in [-0.2, -0.15) is 0 Å². The van der Waals surface area contributed by atoms with Gasteiger partial charge in [-0.1, -0.05) is 224 Å². The summed E-state index contributed by atoms with van der Waals surface area (Å²) in [6.45, 7) is 0. The molecule has 1 aliphatic rings. The highest BCUT2D eigenvalue weighted by atomic mass is 15.1. The van der Waals surface area contributed by atoms with Gasteiger partial charge in [0, 0.05) is 22.3 Å². The quantitative estimate of drug-likeness (QED) is 0.149. The molecule has 0 bridgehead atoms. The summed E-state index contributed by atoms with van der Waals surface area (Å²) in [5.41, 5.74) is 17.6. The summed E-state index contributed by atoms with van der Waals surface area (Å²) in [5, 5.41) is 2.43. The standard InChI is InChI=1S/C59H41N/c1-6-20-42(21-7-1)44-34-38-49(39-35-44)60(50-40-36-45(37-41-50)43-22-8-2-9-23-43)58-52-31-17-16-30-51(52)57-56(55(58)46-24-10-3-11-25-46)53-32-18-19-33-54(53)59(57,47-26-12-4-13-27-47)48-28-14-5-15-29-48/h1-41H. The van der Waals surface area contributed by atoms with Crippen molar-refractivity contribution < 1.29 is 0 Å². The maximum atomic E-state index is 2.50. The Morgan fingerprint density at radius 2 is 0.667 bits per heavy atom. The average molecular weight is 764 g/mol. The monoisotopic (exact) mass is 763 g/mol. The molecule has 0 radical (unpaired) electrons. The Kier molecular flexibility index (Phi) is 8.79. The first kappa shape index (κ1) is 35.4. The SMILES string of the molecule is c1ccc(-c2ccc(N(c3ccc(-c4ccccc4)cc3)c3c(-c4ccccc4)c4c(c5ccccc35)C(c3ccccc3)(c3ccccc3)c3ccccc3-4)cc2)cc1. The van der Waals surface area contributed by atoms with E-state index in [0.717, 1.165) is 17.1 Å². The topological polar surface area (TPSA) is 3.24 Å². The third-order valence-corrected chi connectivity index (χ3v) is 12.3. The maximum Gasteiger partial charge on any atom is 0.0719 e. The van der Waals surface area contributed by atoms with Crippen LogP contribution in [0.5, 0.6) is 0 Å². The molecule has 0 atom stereocenters. The molecule has 0 N–H and O–H groups in total. The second kappa shape index (κ2) is 14.9. The van der Waals surface area contributed by atoms with Gasteiger partial charge in [-0.05, 0) is 90.8 Å². The van der Waals surface area contributed by atoms with Crippen LogP contribution in [0, 0.1) is 0 Å². The van der Waals surface area contributed by atoms with Crippen molar-refractivity contribution >= 4 is 27.8 Å². The fraction of sp³-hybridized carbons (Fsp3) is 0.0169. The fourth-order valence-electron chi connectivity index (χ4n) is 9.78. The lowest BCUT2D eigenvalue weighted by Gasteiger charge is -2.36. The van der Waals surface area contributed by atoms with Gasteiger partial charge in [0.1, 0.15) is 0 Å². The molecule has 1 aliphatic carbocycles. The van der Waals surface area contributed by atoms with E-state index in [1.54, 1.807) is 0 Å². The fourth-order valence-corrected chi connectivity index (χ4v) is 9.78. The van der Waals surface area contributed by atoms with E-state index in [2.05, 4.69) is 254 Å². The van der Waals surface area contributed by atoms with E-state index in [1.165, 1.54) is 77.5 Å². The molecule has 0 spiro atoms. The van der Waals surface area contributed by atoms with Gasteiger partial charge in [0.05, 0.1) is 11.1 Å². The van der Waals surface area contributed by atoms with Crippen molar-refractivity contribution in [3.8, 4) is 44.5 Å². The van der Waals surface area contributed by atoms with Crippen LogP contribution in [0.25, 0.3) is 55.3 Å². The molecule has 11 rings (SSSR count). The highest BCUT2D eigenvalue weighted by Crippen LogP contribution is 2.63. The summed E-state index contributed by atoms with van der Waals surface area (Å²) in [7, 11) is 0. The van der Waals surface area contributed by atoms with Crippen LogP contribution >= 0.6 is 0 Å². The third kappa shape index (κ3) is 5.70. The molecule has 1 heteroatoms. The van der Waals surface area contributed by atoms with Crippen molar-refractivity contribution in [1.29, 1.82) is 0 Å². The summed E-state index contributed by atoms with van der Waals surface area (Å²) in [6, 6.07) is 91.1. The lowest BCUT2D eigenvalue weighted by atomic mass is 9.66. The number of hydrogen-bond donors (Lipinski definition) is 0. The zero-order valence-electron chi connectivity index (χ0n) is 33.1. The average Bonchev–Trinajstić information content (AvgIpc) is 3.65. The van der Waals surface area contributed by atoms with Crippen LogP contribution in [-0.4, -0.2) is 0 Å². The molecule has 0 saturated carbocycles. The smallest absolute Gasteiger partial charge is 0.0719 e. The summed E-state index contributed by atoms with van der Waals surface area (Å²) in [5.74, 6) is 0.